The first-order valence-corrected chi connectivity index (χ1v) is 16.4. The summed E-state index contributed by atoms with van der Waals surface area (Å²) in [5.74, 6) is -1.49. The van der Waals surface area contributed by atoms with Gasteiger partial charge in [0.15, 0.2) is 5.79 Å². The van der Waals surface area contributed by atoms with Crippen LogP contribution < -0.4 is 10.6 Å². The van der Waals surface area contributed by atoms with Crippen molar-refractivity contribution in [3.8, 4) is 0 Å². The molecule has 1 aromatic carbocycles. The number of benzene rings is 1. The Morgan fingerprint density at radius 2 is 1.67 bits per heavy atom. The maximum atomic E-state index is 13.5. The van der Waals surface area contributed by atoms with Crippen molar-refractivity contribution in [2.75, 3.05) is 19.7 Å². The topological polar surface area (TPSA) is 106 Å². The molecule has 9 heteroatoms. The van der Waals surface area contributed by atoms with Gasteiger partial charge in [-0.2, -0.15) is 0 Å². The van der Waals surface area contributed by atoms with Crippen LogP contribution in [0.25, 0.3) is 0 Å². The van der Waals surface area contributed by atoms with Gasteiger partial charge in [-0.1, -0.05) is 89.6 Å². The summed E-state index contributed by atoms with van der Waals surface area (Å²) in [6.07, 6.45) is 9.34. The van der Waals surface area contributed by atoms with Crippen molar-refractivity contribution in [1.29, 1.82) is 0 Å². The molecule has 3 unspecified atom stereocenters. The molecule has 43 heavy (non-hydrogen) atoms. The molecule has 0 spiro atoms. The van der Waals surface area contributed by atoms with E-state index in [0.717, 1.165) is 37.7 Å². The monoisotopic (exact) mass is 601 g/mol. The molecule has 1 heterocycles. The number of ether oxygens (including phenoxy) is 3. The van der Waals surface area contributed by atoms with Gasteiger partial charge in [0.25, 0.3) is 0 Å². The number of urea groups is 1. The molecule has 242 valence electrons. The van der Waals surface area contributed by atoms with E-state index in [1.807, 2.05) is 49.1 Å². The zero-order valence-corrected chi connectivity index (χ0v) is 27.1. The molecule has 1 aliphatic heterocycles. The third-order valence-corrected chi connectivity index (χ3v) is 8.35. The number of hydrogen-bond acceptors (Lipinski definition) is 6. The average molecular weight is 602 g/mol. The van der Waals surface area contributed by atoms with Gasteiger partial charge in [0.2, 0.25) is 5.91 Å². The Hall–Kier alpha value is -2.65. The summed E-state index contributed by atoms with van der Waals surface area (Å²) in [4.78, 5) is 41.1. The van der Waals surface area contributed by atoms with Crippen LogP contribution in [0.5, 0.6) is 0 Å². The Balaban J connectivity index is 1.50. The summed E-state index contributed by atoms with van der Waals surface area (Å²) in [7, 11) is 0. The molecule has 1 aromatic rings. The van der Waals surface area contributed by atoms with Crippen molar-refractivity contribution >= 4 is 17.9 Å². The molecular formula is C34H55N3O6. The Morgan fingerprint density at radius 1 is 0.977 bits per heavy atom. The number of esters is 1. The van der Waals surface area contributed by atoms with E-state index in [1.54, 1.807) is 13.8 Å². The Bertz CT molecular complexity index is 1010. The van der Waals surface area contributed by atoms with Gasteiger partial charge in [0, 0.05) is 25.0 Å². The van der Waals surface area contributed by atoms with Crippen molar-refractivity contribution in [3.63, 3.8) is 0 Å². The van der Waals surface area contributed by atoms with Gasteiger partial charge in [-0.05, 0) is 45.1 Å². The molecule has 1 saturated carbocycles. The highest BCUT2D eigenvalue weighted by Crippen LogP contribution is 2.34. The van der Waals surface area contributed by atoms with Crippen LogP contribution in [0.4, 0.5) is 4.79 Å². The van der Waals surface area contributed by atoms with E-state index in [9.17, 15) is 14.4 Å². The van der Waals surface area contributed by atoms with Crippen molar-refractivity contribution in [2.45, 2.75) is 136 Å². The fourth-order valence-corrected chi connectivity index (χ4v) is 5.72. The lowest BCUT2D eigenvalue weighted by Crippen LogP contribution is -2.56. The Labute approximate surface area is 258 Å². The van der Waals surface area contributed by atoms with Gasteiger partial charge in [0.05, 0.1) is 19.1 Å². The summed E-state index contributed by atoms with van der Waals surface area (Å²) >= 11 is 0. The number of nitrogens with one attached hydrogen (secondary N) is 2. The first-order chi connectivity index (χ1) is 20.5. The second-order valence-corrected chi connectivity index (χ2v) is 13.3. The molecule has 0 aromatic heterocycles. The highest BCUT2D eigenvalue weighted by Gasteiger charge is 2.45. The van der Waals surface area contributed by atoms with Crippen LogP contribution in [0.3, 0.4) is 0 Å². The first-order valence-electron chi connectivity index (χ1n) is 16.4. The zero-order valence-electron chi connectivity index (χ0n) is 27.1. The van der Waals surface area contributed by atoms with Crippen molar-refractivity contribution in [2.24, 2.45) is 5.41 Å². The van der Waals surface area contributed by atoms with Gasteiger partial charge in [0.1, 0.15) is 12.2 Å². The van der Waals surface area contributed by atoms with E-state index >= 15 is 0 Å². The molecule has 0 radical (unpaired) electrons. The molecular weight excluding hydrogens is 546 g/mol. The molecule has 3 rings (SSSR count). The van der Waals surface area contributed by atoms with E-state index in [-0.39, 0.29) is 43.0 Å². The predicted molar refractivity (Wildman–Crippen MR) is 167 cm³/mol. The lowest BCUT2D eigenvalue weighted by Gasteiger charge is -2.44. The molecule has 1 saturated heterocycles. The lowest BCUT2D eigenvalue weighted by atomic mass is 9.85. The molecule has 0 bridgehead atoms. The minimum atomic E-state index is -0.845. The smallest absolute Gasteiger partial charge is 0.318 e. The molecule has 3 amide bonds. The molecule has 9 nitrogen and oxygen atoms in total. The first kappa shape index (κ1) is 34.8. The molecule has 1 aliphatic carbocycles. The van der Waals surface area contributed by atoms with E-state index in [2.05, 4.69) is 17.6 Å². The highest BCUT2D eigenvalue weighted by molar-refractivity contribution is 5.82. The summed E-state index contributed by atoms with van der Waals surface area (Å²) in [6, 6.07) is 9.71. The van der Waals surface area contributed by atoms with Crippen LogP contribution in [-0.4, -0.2) is 66.5 Å². The quantitative estimate of drug-likeness (QED) is 0.186. The number of hydrogen-bond donors (Lipinski definition) is 2. The van der Waals surface area contributed by atoms with Crippen LogP contribution in [0.15, 0.2) is 30.3 Å². The fourth-order valence-electron chi connectivity index (χ4n) is 5.72. The number of carbonyl (C=O) groups excluding carboxylic acids is 3. The van der Waals surface area contributed by atoms with Crippen LogP contribution in [0.1, 0.15) is 111 Å². The average Bonchev–Trinajstić information content (AvgIpc) is 2.97. The van der Waals surface area contributed by atoms with Crippen LogP contribution >= 0.6 is 0 Å². The van der Waals surface area contributed by atoms with Gasteiger partial charge < -0.3 is 29.7 Å². The summed E-state index contributed by atoms with van der Waals surface area (Å²) in [6.45, 7) is 11.4. The predicted octanol–water partition coefficient (Wildman–Crippen LogP) is 6.10. The zero-order chi connectivity index (χ0) is 31.3. The normalized spacial score (nSPS) is 22.8. The number of nitrogens with zero attached hydrogens (tertiary/aromatic N) is 1. The van der Waals surface area contributed by atoms with Crippen molar-refractivity contribution < 1.29 is 28.6 Å². The second kappa shape index (κ2) is 17.0. The number of rotatable bonds is 15. The standard InChI is InChI=1S/C34H55N3O6/c1-6-7-8-9-10-16-23-37(24-26-17-12-11-13-18-26)32(40)36-27-19-14-15-20-28(27)42-29(38)21-22-35-31(39)30-33(2,3)25-41-34(4,5)43-30/h11-13,17-18,27-28,30H,6-10,14-16,19-25H2,1-5H3,(H,35,39)(H,36,40). The maximum absolute atomic E-state index is 13.5. The Morgan fingerprint density at radius 3 is 2.42 bits per heavy atom. The van der Waals surface area contributed by atoms with Gasteiger partial charge in [-0.3, -0.25) is 9.59 Å². The van der Waals surface area contributed by atoms with Gasteiger partial charge in [-0.25, -0.2) is 4.79 Å². The van der Waals surface area contributed by atoms with Crippen LogP contribution in [0.2, 0.25) is 0 Å². The summed E-state index contributed by atoms with van der Waals surface area (Å²) in [5, 5.41) is 6.04. The molecule has 2 N–H and O–H groups in total. The summed E-state index contributed by atoms with van der Waals surface area (Å²) < 4.78 is 17.5. The largest absolute Gasteiger partial charge is 0.460 e. The van der Waals surface area contributed by atoms with Crippen molar-refractivity contribution in [1.82, 2.24) is 15.5 Å². The number of unbranched alkanes of at least 4 members (excludes halogenated alkanes) is 5. The number of amides is 3. The number of carbonyl (C=O) groups is 3. The maximum Gasteiger partial charge on any atom is 0.318 e. The minimum Gasteiger partial charge on any atom is -0.460 e. The Kier molecular flexibility index (Phi) is 13.8. The van der Waals surface area contributed by atoms with Gasteiger partial charge in [-0.15, -0.1) is 0 Å². The third-order valence-electron chi connectivity index (χ3n) is 8.35. The highest BCUT2D eigenvalue weighted by atomic mass is 16.7. The molecule has 2 fully saturated rings. The second-order valence-electron chi connectivity index (χ2n) is 13.3. The van der Waals surface area contributed by atoms with Crippen molar-refractivity contribution in [3.05, 3.63) is 35.9 Å². The SMILES string of the molecule is CCCCCCCCN(Cc1ccccc1)C(=O)NC1CCCCC1OC(=O)CCNC(=O)C1OC(C)(C)OCC1(C)C. The minimum absolute atomic E-state index is 0.0497. The third kappa shape index (κ3) is 11.8. The van der Waals surface area contributed by atoms with Gasteiger partial charge >= 0.3 is 12.0 Å². The van der Waals surface area contributed by atoms with Crippen LogP contribution in [-0.2, 0) is 30.3 Å². The summed E-state index contributed by atoms with van der Waals surface area (Å²) in [5.41, 5.74) is 0.604. The fraction of sp³-hybridized carbons (Fsp3) is 0.735. The van der Waals surface area contributed by atoms with E-state index in [4.69, 9.17) is 14.2 Å². The molecule has 2 aliphatic rings. The van der Waals surface area contributed by atoms with E-state index in [1.165, 1.54) is 25.7 Å². The van der Waals surface area contributed by atoms with E-state index in [0.29, 0.717) is 26.1 Å². The molecule has 3 atom stereocenters. The van der Waals surface area contributed by atoms with E-state index < -0.39 is 17.3 Å². The lowest BCUT2D eigenvalue weighted by molar-refractivity contribution is -0.304. The van der Waals surface area contributed by atoms with Crippen LogP contribution in [0, 0.1) is 5.41 Å².